The van der Waals surface area contributed by atoms with E-state index in [0.717, 1.165) is 53.5 Å². The van der Waals surface area contributed by atoms with Crippen LogP contribution in [0.15, 0.2) is 182 Å². The molecule has 4 aliphatic carbocycles. The van der Waals surface area contributed by atoms with Crippen LogP contribution < -0.4 is 0 Å². The maximum Gasteiger partial charge on any atom is 0.121 e. The van der Waals surface area contributed by atoms with Crippen molar-refractivity contribution in [3.05, 3.63) is 215 Å². The second-order valence-corrected chi connectivity index (χ2v) is 15.4. The highest BCUT2D eigenvalue weighted by Gasteiger charge is 2.80. The molecule has 4 bridgehead atoms. The zero-order chi connectivity index (χ0) is 37.7. The predicted octanol–water partition coefficient (Wildman–Crippen LogP) is 11.0. The second-order valence-electron chi connectivity index (χ2n) is 15.4. The van der Waals surface area contributed by atoms with E-state index in [-0.39, 0.29) is 5.92 Å². The lowest BCUT2D eigenvalue weighted by atomic mass is 9.26. The van der Waals surface area contributed by atoms with Crippen molar-refractivity contribution in [1.82, 2.24) is 0 Å². The Labute approximate surface area is 332 Å². The zero-order valence-electron chi connectivity index (χ0n) is 31.3. The summed E-state index contributed by atoms with van der Waals surface area (Å²) in [6.45, 7) is 0. The van der Waals surface area contributed by atoms with Crippen LogP contribution in [0.2, 0.25) is 0 Å². The molecule has 4 unspecified atom stereocenters. The minimum Gasteiger partial charge on any atom is -0.0857 e. The van der Waals surface area contributed by atoms with Gasteiger partial charge in [0.15, 0.2) is 0 Å². The van der Waals surface area contributed by atoms with Gasteiger partial charge in [-0.25, -0.2) is 0 Å². The summed E-state index contributed by atoms with van der Waals surface area (Å²) in [6.07, 6.45) is 3.65. The third-order valence-electron chi connectivity index (χ3n) is 12.3. The average molecular weight is 713 g/mol. The fourth-order valence-electron chi connectivity index (χ4n) is 10.0. The first kappa shape index (κ1) is 34.9. The quantitative estimate of drug-likeness (QED) is 0.149. The molecule has 0 saturated heterocycles. The number of hydrogen-bond acceptors (Lipinski definition) is 0. The Morgan fingerprint density at radius 3 is 1.12 bits per heavy atom. The molecular formula is C56H40. The summed E-state index contributed by atoms with van der Waals surface area (Å²) in [5, 5.41) is 0. The van der Waals surface area contributed by atoms with E-state index in [1.165, 1.54) is 5.56 Å². The van der Waals surface area contributed by atoms with E-state index < -0.39 is 21.7 Å². The Kier molecular flexibility index (Phi) is 9.18. The molecule has 0 nitrogen and oxygen atoms in total. The van der Waals surface area contributed by atoms with E-state index in [1.54, 1.807) is 0 Å². The van der Waals surface area contributed by atoms with Crippen molar-refractivity contribution in [2.75, 3.05) is 0 Å². The van der Waals surface area contributed by atoms with Crippen LogP contribution in [0.1, 0.15) is 59.1 Å². The summed E-state index contributed by atoms with van der Waals surface area (Å²) >= 11 is 0. The summed E-state index contributed by atoms with van der Waals surface area (Å²) in [4.78, 5) is 0. The van der Waals surface area contributed by atoms with Crippen LogP contribution >= 0.6 is 0 Å². The predicted molar refractivity (Wildman–Crippen MR) is 227 cm³/mol. The van der Waals surface area contributed by atoms with E-state index in [9.17, 15) is 0 Å². The highest BCUT2D eigenvalue weighted by molar-refractivity contribution is 5.62. The Bertz CT molecular complexity index is 2540. The Morgan fingerprint density at radius 2 is 0.714 bits per heavy atom. The molecule has 4 aliphatic rings. The molecule has 0 heterocycles. The molecule has 10 rings (SSSR count). The van der Waals surface area contributed by atoms with Gasteiger partial charge in [-0.3, -0.25) is 0 Å². The monoisotopic (exact) mass is 712 g/mol. The van der Waals surface area contributed by atoms with E-state index in [4.69, 9.17) is 0 Å². The minimum atomic E-state index is -0.987. The maximum absolute atomic E-state index is 4.11. The number of rotatable bonds is 1. The first-order valence-electron chi connectivity index (χ1n) is 19.6. The van der Waals surface area contributed by atoms with Gasteiger partial charge < -0.3 is 0 Å². The molecule has 0 amide bonds. The van der Waals surface area contributed by atoms with Gasteiger partial charge in [-0.2, -0.15) is 0 Å². The molecule has 6 aromatic rings. The molecule has 0 heteroatoms. The second kappa shape index (κ2) is 14.7. The fourth-order valence-corrected chi connectivity index (χ4v) is 10.0. The van der Waals surface area contributed by atoms with Gasteiger partial charge in [0.2, 0.25) is 0 Å². The topological polar surface area (TPSA) is 0 Å². The lowest BCUT2D eigenvalue weighted by molar-refractivity contribution is -0.162. The van der Waals surface area contributed by atoms with Gasteiger partial charge >= 0.3 is 0 Å². The summed E-state index contributed by atoms with van der Waals surface area (Å²) in [6, 6.07) is 62.8. The van der Waals surface area contributed by atoms with Crippen molar-refractivity contribution in [3.8, 4) is 59.2 Å². The molecule has 4 atom stereocenters. The highest BCUT2D eigenvalue weighted by atomic mass is 14.8. The first-order chi connectivity index (χ1) is 27.6. The van der Waals surface area contributed by atoms with Gasteiger partial charge in [-0.05, 0) is 104 Å². The van der Waals surface area contributed by atoms with Crippen molar-refractivity contribution in [3.63, 3.8) is 0 Å². The molecule has 56 heavy (non-hydrogen) atoms. The van der Waals surface area contributed by atoms with Crippen molar-refractivity contribution in [2.45, 2.75) is 31.1 Å². The minimum absolute atomic E-state index is 0.123. The fraction of sp³-hybridized carbons (Fsp3) is 0.179. The van der Waals surface area contributed by atoms with Crippen LogP contribution in [0, 0.1) is 87.3 Å². The van der Waals surface area contributed by atoms with Gasteiger partial charge in [-0.1, -0.05) is 181 Å². The van der Waals surface area contributed by atoms with E-state index in [2.05, 4.69) is 211 Å². The third kappa shape index (κ3) is 6.01. The van der Waals surface area contributed by atoms with E-state index >= 15 is 0 Å². The zero-order valence-corrected chi connectivity index (χ0v) is 31.3. The van der Waals surface area contributed by atoms with Crippen molar-refractivity contribution < 1.29 is 0 Å². The van der Waals surface area contributed by atoms with Gasteiger partial charge in [0.25, 0.3) is 0 Å². The van der Waals surface area contributed by atoms with Gasteiger partial charge in [0, 0.05) is 33.2 Å². The average Bonchev–Trinajstić information content (AvgIpc) is 3.27. The van der Waals surface area contributed by atoms with Crippen LogP contribution in [-0.2, 0) is 5.41 Å². The largest absolute Gasteiger partial charge is 0.121 e. The van der Waals surface area contributed by atoms with Crippen molar-refractivity contribution in [2.24, 2.45) is 28.1 Å². The Hall–Kier alpha value is -6.88. The molecule has 4 fully saturated rings. The molecule has 0 aromatic heterocycles. The van der Waals surface area contributed by atoms with Gasteiger partial charge in [0.05, 0.1) is 5.41 Å². The highest BCUT2D eigenvalue weighted by Crippen LogP contribution is 2.79. The first-order valence-corrected chi connectivity index (χ1v) is 19.6. The standard InChI is InChI=1S/C56H40/c1-7-19-45(20-8-1)31-36-53(37-32-46-21-9-2-10-22-46)52-41-50-42-54(44-52,51-29-17-6-18-30-51)55(38-33-47-23-11-3-12-24-47,39-34-48-25-13-4-14-26-48)56(53,43-50)40-35-49-27-15-5-16-28-49/h1-30,50,52H,41-44H2. The number of benzene rings is 6. The summed E-state index contributed by atoms with van der Waals surface area (Å²) in [5.41, 5.74) is 2.85. The van der Waals surface area contributed by atoms with E-state index in [0.29, 0.717) is 5.92 Å². The van der Waals surface area contributed by atoms with Crippen LogP contribution in [0.25, 0.3) is 0 Å². The molecule has 0 aliphatic heterocycles. The van der Waals surface area contributed by atoms with Crippen molar-refractivity contribution >= 4 is 0 Å². The molecule has 0 radical (unpaired) electrons. The van der Waals surface area contributed by atoms with Gasteiger partial charge in [-0.15, -0.1) is 0 Å². The lowest BCUT2D eigenvalue weighted by Crippen LogP contribution is -2.73. The van der Waals surface area contributed by atoms with Crippen molar-refractivity contribution in [1.29, 1.82) is 0 Å². The molecular weight excluding hydrogens is 673 g/mol. The van der Waals surface area contributed by atoms with Crippen LogP contribution in [-0.4, -0.2) is 0 Å². The number of hydrogen-bond donors (Lipinski definition) is 0. The summed E-state index contributed by atoms with van der Waals surface area (Å²) in [7, 11) is 0. The normalized spacial score (nSPS) is 22.8. The summed E-state index contributed by atoms with van der Waals surface area (Å²) < 4.78 is 0. The molecule has 0 spiro atoms. The molecule has 4 saturated carbocycles. The molecule has 0 N–H and O–H groups in total. The molecule has 264 valence electrons. The maximum atomic E-state index is 4.11. The van der Waals surface area contributed by atoms with Crippen LogP contribution in [0.4, 0.5) is 0 Å². The Balaban J connectivity index is 1.46. The SMILES string of the molecule is C(#CC1(C#Cc2ccccc2)C2CC3CC(c4ccccc4)(C2)C(C#Cc2ccccc2)(C#Cc2ccccc2)C1(C#Cc1ccccc1)C3)c1ccccc1. The third-order valence-corrected chi connectivity index (χ3v) is 12.3. The Morgan fingerprint density at radius 1 is 0.357 bits per heavy atom. The van der Waals surface area contributed by atoms with Gasteiger partial charge in [0.1, 0.15) is 10.8 Å². The molecule has 6 aromatic carbocycles. The summed E-state index contributed by atoms with van der Waals surface area (Å²) in [5.74, 6) is 39.4. The van der Waals surface area contributed by atoms with Crippen LogP contribution in [0.3, 0.4) is 0 Å². The smallest absolute Gasteiger partial charge is 0.0857 e. The van der Waals surface area contributed by atoms with Crippen LogP contribution in [0.5, 0.6) is 0 Å². The van der Waals surface area contributed by atoms with E-state index in [1.807, 2.05) is 30.3 Å². The lowest BCUT2D eigenvalue weighted by Gasteiger charge is -2.72.